The van der Waals surface area contributed by atoms with E-state index >= 15 is 0 Å². The highest BCUT2D eigenvalue weighted by Crippen LogP contribution is 2.43. The predicted octanol–water partition coefficient (Wildman–Crippen LogP) is 4.64. The summed E-state index contributed by atoms with van der Waals surface area (Å²) in [5, 5.41) is 20.9. The molecule has 1 atom stereocenters. The van der Waals surface area contributed by atoms with Gasteiger partial charge < -0.3 is 14.9 Å². The maximum atomic E-state index is 13.2. The molecule has 1 saturated heterocycles. The van der Waals surface area contributed by atoms with Gasteiger partial charge in [-0.25, -0.2) is 0 Å². The number of carbonyl (C=O) groups is 2. The second-order valence-electron chi connectivity index (χ2n) is 7.76. The molecule has 1 heterocycles. The van der Waals surface area contributed by atoms with Crippen molar-refractivity contribution >= 4 is 23.1 Å². The van der Waals surface area contributed by atoms with Gasteiger partial charge in [0.1, 0.15) is 17.3 Å². The van der Waals surface area contributed by atoms with E-state index < -0.39 is 17.7 Å². The van der Waals surface area contributed by atoms with E-state index in [0.717, 1.165) is 11.1 Å². The van der Waals surface area contributed by atoms with Crippen LogP contribution < -0.4 is 9.64 Å². The fourth-order valence-corrected chi connectivity index (χ4v) is 3.88. The Hall–Kier alpha value is -4.06. The number of hydrogen-bond acceptors (Lipinski definition) is 5. The number of carbonyl (C=O) groups excluding carboxylic acids is 2. The molecule has 162 valence electrons. The minimum atomic E-state index is -0.871. The van der Waals surface area contributed by atoms with Gasteiger partial charge in [0.05, 0.1) is 18.7 Å². The molecular formula is C26H23NO5. The number of Topliss-reactive ketones (excluding diaryl/α,β-unsaturated/α-hetero) is 1. The molecule has 4 rings (SSSR count). The molecule has 2 N–H and O–H groups in total. The maximum Gasteiger partial charge on any atom is 0.300 e. The number of rotatable bonds is 4. The molecule has 0 saturated carbocycles. The zero-order chi connectivity index (χ0) is 23.0. The first-order valence-electron chi connectivity index (χ1n) is 10.1. The van der Waals surface area contributed by atoms with Crippen molar-refractivity contribution in [1.82, 2.24) is 0 Å². The molecule has 1 unspecified atom stereocenters. The number of anilines is 1. The largest absolute Gasteiger partial charge is 0.508 e. The van der Waals surface area contributed by atoms with Gasteiger partial charge in [-0.2, -0.15) is 0 Å². The van der Waals surface area contributed by atoms with Crippen LogP contribution in [0, 0.1) is 13.8 Å². The molecule has 0 bridgehead atoms. The van der Waals surface area contributed by atoms with E-state index in [1.165, 1.54) is 24.1 Å². The molecule has 0 aliphatic carbocycles. The topological polar surface area (TPSA) is 87.1 Å². The third-order valence-corrected chi connectivity index (χ3v) is 5.77. The van der Waals surface area contributed by atoms with Gasteiger partial charge in [0, 0.05) is 17.3 Å². The van der Waals surface area contributed by atoms with Gasteiger partial charge in [0.25, 0.3) is 11.7 Å². The number of aliphatic hydroxyl groups excluding tert-OH is 1. The number of aliphatic hydroxyl groups is 1. The summed E-state index contributed by atoms with van der Waals surface area (Å²) in [4.78, 5) is 27.7. The van der Waals surface area contributed by atoms with Gasteiger partial charge in [0.2, 0.25) is 0 Å². The van der Waals surface area contributed by atoms with Crippen molar-refractivity contribution in [1.29, 1.82) is 0 Å². The Kier molecular flexibility index (Phi) is 5.45. The normalized spacial score (nSPS) is 17.6. The number of phenols is 1. The van der Waals surface area contributed by atoms with Crippen LogP contribution in [0.2, 0.25) is 0 Å². The molecule has 3 aromatic rings. The summed E-state index contributed by atoms with van der Waals surface area (Å²) < 4.78 is 5.28. The van der Waals surface area contributed by atoms with Crippen molar-refractivity contribution in [2.75, 3.05) is 12.0 Å². The summed E-state index contributed by atoms with van der Waals surface area (Å²) in [6.07, 6.45) is 0. The fourth-order valence-electron chi connectivity index (χ4n) is 3.88. The summed E-state index contributed by atoms with van der Waals surface area (Å²) >= 11 is 0. The molecule has 6 heteroatoms. The molecule has 1 amide bonds. The number of phenolic OH excluding ortho intramolecular Hbond substituents is 1. The number of ether oxygens (including phenoxy) is 1. The smallest absolute Gasteiger partial charge is 0.300 e. The number of nitrogens with zero attached hydrogens (tertiary/aromatic N) is 1. The zero-order valence-electron chi connectivity index (χ0n) is 18.0. The van der Waals surface area contributed by atoms with Gasteiger partial charge >= 0.3 is 0 Å². The number of hydrogen-bond donors (Lipinski definition) is 2. The average Bonchev–Trinajstić information content (AvgIpc) is 3.06. The van der Waals surface area contributed by atoms with Crippen LogP contribution in [0.25, 0.3) is 5.76 Å². The first-order chi connectivity index (χ1) is 15.3. The van der Waals surface area contributed by atoms with E-state index in [1.807, 2.05) is 19.9 Å². The molecule has 0 radical (unpaired) electrons. The standard InChI is InChI=1S/C26H23NO5/c1-15-7-8-18(13-16(15)2)24(29)22-23(17-9-11-20(28)12-10-17)27(26(31)25(22)30)19-5-4-6-21(14-19)32-3/h4-14,23,28-29H,1-3H3/b24-22+. The van der Waals surface area contributed by atoms with Crippen LogP contribution in [-0.4, -0.2) is 29.0 Å². The highest BCUT2D eigenvalue weighted by atomic mass is 16.5. The van der Waals surface area contributed by atoms with E-state index in [0.29, 0.717) is 22.6 Å². The Morgan fingerprint density at radius 2 is 1.66 bits per heavy atom. The van der Waals surface area contributed by atoms with Crippen LogP contribution in [0.4, 0.5) is 5.69 Å². The number of benzene rings is 3. The van der Waals surface area contributed by atoms with Gasteiger partial charge in [-0.05, 0) is 60.9 Å². The maximum absolute atomic E-state index is 13.2. The Labute approximate surface area is 186 Å². The molecule has 1 aliphatic rings. The Bertz CT molecular complexity index is 1240. The fraction of sp³-hybridized carbons (Fsp3) is 0.154. The van der Waals surface area contributed by atoms with Crippen molar-refractivity contribution in [3.8, 4) is 11.5 Å². The average molecular weight is 429 g/mol. The monoisotopic (exact) mass is 429 g/mol. The predicted molar refractivity (Wildman–Crippen MR) is 122 cm³/mol. The van der Waals surface area contributed by atoms with E-state index in [1.54, 1.807) is 48.5 Å². The van der Waals surface area contributed by atoms with Gasteiger partial charge in [-0.3, -0.25) is 14.5 Å². The lowest BCUT2D eigenvalue weighted by Crippen LogP contribution is -2.29. The van der Waals surface area contributed by atoms with Crippen molar-refractivity contribution in [3.05, 3.63) is 94.6 Å². The summed E-state index contributed by atoms with van der Waals surface area (Å²) in [7, 11) is 1.52. The highest BCUT2D eigenvalue weighted by molar-refractivity contribution is 6.51. The Balaban J connectivity index is 1.95. The number of aromatic hydroxyl groups is 1. The second kappa shape index (κ2) is 8.23. The zero-order valence-corrected chi connectivity index (χ0v) is 18.0. The lowest BCUT2D eigenvalue weighted by atomic mass is 9.94. The second-order valence-corrected chi connectivity index (χ2v) is 7.76. The number of amides is 1. The van der Waals surface area contributed by atoms with Crippen molar-refractivity contribution < 1.29 is 24.5 Å². The molecule has 0 spiro atoms. The summed E-state index contributed by atoms with van der Waals surface area (Å²) in [5.41, 5.74) is 3.50. The minimum Gasteiger partial charge on any atom is -0.508 e. The quantitative estimate of drug-likeness (QED) is 0.358. The van der Waals surface area contributed by atoms with Crippen molar-refractivity contribution in [2.24, 2.45) is 0 Å². The molecular weight excluding hydrogens is 406 g/mol. The number of ketones is 1. The van der Waals surface area contributed by atoms with Crippen molar-refractivity contribution in [3.63, 3.8) is 0 Å². The van der Waals surface area contributed by atoms with Crippen LogP contribution >= 0.6 is 0 Å². The highest BCUT2D eigenvalue weighted by Gasteiger charge is 2.47. The first-order valence-corrected chi connectivity index (χ1v) is 10.1. The van der Waals surface area contributed by atoms with Crippen LogP contribution in [0.1, 0.15) is 28.3 Å². The van der Waals surface area contributed by atoms with Crippen LogP contribution in [0.5, 0.6) is 11.5 Å². The molecule has 6 nitrogen and oxygen atoms in total. The Morgan fingerprint density at radius 1 is 0.938 bits per heavy atom. The lowest BCUT2D eigenvalue weighted by molar-refractivity contribution is -0.132. The summed E-state index contributed by atoms with van der Waals surface area (Å²) in [5.74, 6) is -1.18. The third-order valence-electron chi connectivity index (χ3n) is 5.77. The van der Waals surface area contributed by atoms with E-state index in [4.69, 9.17) is 4.74 Å². The molecule has 3 aromatic carbocycles. The van der Waals surface area contributed by atoms with E-state index in [2.05, 4.69) is 0 Å². The number of methoxy groups -OCH3 is 1. The third kappa shape index (κ3) is 3.60. The van der Waals surface area contributed by atoms with Crippen LogP contribution in [0.3, 0.4) is 0 Å². The molecule has 1 fully saturated rings. The van der Waals surface area contributed by atoms with Gasteiger partial charge in [0.15, 0.2) is 0 Å². The van der Waals surface area contributed by atoms with Crippen molar-refractivity contribution in [2.45, 2.75) is 19.9 Å². The van der Waals surface area contributed by atoms with E-state index in [9.17, 15) is 19.8 Å². The minimum absolute atomic E-state index is 0.00763. The van der Waals surface area contributed by atoms with Gasteiger partial charge in [-0.15, -0.1) is 0 Å². The molecule has 0 aromatic heterocycles. The van der Waals surface area contributed by atoms with Gasteiger partial charge in [-0.1, -0.05) is 30.3 Å². The van der Waals surface area contributed by atoms with E-state index in [-0.39, 0.29) is 17.1 Å². The lowest BCUT2D eigenvalue weighted by Gasteiger charge is -2.25. The summed E-state index contributed by atoms with van der Waals surface area (Å²) in [6.45, 7) is 3.87. The van der Waals surface area contributed by atoms with Crippen LogP contribution in [0.15, 0.2) is 72.3 Å². The van der Waals surface area contributed by atoms with Crippen LogP contribution in [-0.2, 0) is 9.59 Å². The number of aryl methyl sites for hydroxylation is 2. The molecule has 1 aliphatic heterocycles. The molecule has 32 heavy (non-hydrogen) atoms. The SMILES string of the molecule is COc1cccc(N2C(=O)C(=O)/C(=C(/O)c3ccc(C)c(C)c3)C2c2ccc(O)cc2)c1. The Morgan fingerprint density at radius 3 is 2.31 bits per heavy atom. The first kappa shape index (κ1) is 21.2. The summed E-state index contributed by atoms with van der Waals surface area (Å²) in [6, 6.07) is 17.6.